The molecule has 0 fully saturated rings. The van der Waals surface area contributed by atoms with Crippen molar-refractivity contribution in [2.45, 2.75) is 26.2 Å². The number of carbonyl (C=O) groups is 1. The molecule has 0 unspecified atom stereocenters. The summed E-state index contributed by atoms with van der Waals surface area (Å²) in [5, 5.41) is 7.09. The molecule has 0 atom stereocenters. The van der Waals surface area contributed by atoms with Crippen LogP contribution in [0.25, 0.3) is 5.69 Å². The summed E-state index contributed by atoms with van der Waals surface area (Å²) in [6, 6.07) is 9.98. The van der Waals surface area contributed by atoms with Gasteiger partial charge in [-0.3, -0.25) is 4.79 Å². The highest BCUT2D eigenvalue weighted by atomic mass is 19.1. The van der Waals surface area contributed by atoms with Gasteiger partial charge in [-0.15, -0.1) is 0 Å². The number of carbonyl (C=O) groups excluding carboxylic acids is 1. The third-order valence-corrected chi connectivity index (χ3v) is 3.97. The van der Waals surface area contributed by atoms with Crippen LogP contribution in [0.1, 0.15) is 36.8 Å². The monoisotopic (exact) mass is 373 g/mol. The standard InChI is InChI=1S/C20H18F3N3O/c1-20(2,3)17-11-18(26(25-17)14-7-4-12(21)5-8-14)24-19(27)15-9-6-13(22)10-16(15)23/h4-11H,1-3H3,(H,24,27). The van der Waals surface area contributed by atoms with E-state index in [-0.39, 0.29) is 11.0 Å². The van der Waals surface area contributed by atoms with Crippen LogP contribution in [0.5, 0.6) is 0 Å². The molecule has 0 saturated carbocycles. The van der Waals surface area contributed by atoms with Crippen LogP contribution in [-0.2, 0) is 5.41 Å². The predicted molar refractivity (Wildman–Crippen MR) is 96.5 cm³/mol. The van der Waals surface area contributed by atoms with Crippen LogP contribution >= 0.6 is 0 Å². The van der Waals surface area contributed by atoms with Crippen LogP contribution in [0.4, 0.5) is 19.0 Å². The minimum atomic E-state index is -0.962. The van der Waals surface area contributed by atoms with Gasteiger partial charge in [0.2, 0.25) is 0 Å². The Morgan fingerprint density at radius 3 is 2.19 bits per heavy atom. The van der Waals surface area contributed by atoms with E-state index in [4.69, 9.17) is 0 Å². The number of benzene rings is 2. The van der Waals surface area contributed by atoms with Gasteiger partial charge < -0.3 is 5.32 Å². The van der Waals surface area contributed by atoms with Gasteiger partial charge in [0.1, 0.15) is 23.3 Å². The van der Waals surface area contributed by atoms with Crippen molar-refractivity contribution in [1.82, 2.24) is 9.78 Å². The molecule has 1 N–H and O–H groups in total. The molecule has 1 heterocycles. The van der Waals surface area contributed by atoms with E-state index < -0.39 is 23.4 Å². The summed E-state index contributed by atoms with van der Waals surface area (Å²) < 4.78 is 41.7. The molecule has 3 rings (SSSR count). The third-order valence-electron chi connectivity index (χ3n) is 3.97. The second-order valence-corrected chi connectivity index (χ2v) is 7.13. The van der Waals surface area contributed by atoms with E-state index in [9.17, 15) is 18.0 Å². The number of nitrogens with one attached hydrogen (secondary N) is 1. The van der Waals surface area contributed by atoms with Crippen LogP contribution in [0.3, 0.4) is 0 Å². The fraction of sp³-hybridized carbons (Fsp3) is 0.200. The molecule has 0 aliphatic rings. The smallest absolute Gasteiger partial charge is 0.259 e. The van der Waals surface area contributed by atoms with Crippen molar-refractivity contribution in [2.75, 3.05) is 5.32 Å². The summed E-state index contributed by atoms with van der Waals surface area (Å²) in [5.74, 6) is -2.58. The number of nitrogens with zero attached hydrogens (tertiary/aromatic N) is 2. The van der Waals surface area contributed by atoms with Crippen LogP contribution < -0.4 is 5.32 Å². The minimum Gasteiger partial charge on any atom is -0.306 e. The summed E-state index contributed by atoms with van der Waals surface area (Å²) in [5.41, 5.74) is 0.607. The number of hydrogen-bond acceptors (Lipinski definition) is 2. The minimum absolute atomic E-state index is 0.291. The average Bonchev–Trinajstić information content (AvgIpc) is 2.99. The largest absolute Gasteiger partial charge is 0.306 e. The molecule has 1 amide bonds. The van der Waals surface area contributed by atoms with Crippen LogP contribution in [0.2, 0.25) is 0 Å². The van der Waals surface area contributed by atoms with Gasteiger partial charge >= 0.3 is 0 Å². The van der Waals surface area contributed by atoms with E-state index >= 15 is 0 Å². The van der Waals surface area contributed by atoms with Crippen molar-refractivity contribution < 1.29 is 18.0 Å². The van der Waals surface area contributed by atoms with Crippen molar-refractivity contribution in [1.29, 1.82) is 0 Å². The Labute approximate surface area is 154 Å². The topological polar surface area (TPSA) is 46.9 Å². The molecule has 0 saturated heterocycles. The maximum Gasteiger partial charge on any atom is 0.259 e. The lowest BCUT2D eigenvalue weighted by molar-refractivity contribution is 0.102. The molecule has 2 aromatic carbocycles. The number of hydrogen-bond donors (Lipinski definition) is 1. The van der Waals surface area contributed by atoms with E-state index in [2.05, 4.69) is 10.4 Å². The van der Waals surface area contributed by atoms with Crippen LogP contribution in [-0.4, -0.2) is 15.7 Å². The molecule has 3 aromatic rings. The van der Waals surface area contributed by atoms with E-state index in [0.717, 1.165) is 12.1 Å². The maximum absolute atomic E-state index is 13.9. The lowest BCUT2D eigenvalue weighted by atomic mass is 9.92. The van der Waals surface area contributed by atoms with Crippen molar-refractivity contribution in [3.8, 4) is 5.69 Å². The molecule has 140 valence electrons. The van der Waals surface area contributed by atoms with Gasteiger partial charge in [0.05, 0.1) is 16.9 Å². The predicted octanol–water partition coefficient (Wildman–Crippen LogP) is 4.84. The first-order valence-electron chi connectivity index (χ1n) is 8.28. The zero-order chi connectivity index (χ0) is 19.8. The van der Waals surface area contributed by atoms with Gasteiger partial charge in [0, 0.05) is 17.5 Å². The SMILES string of the molecule is CC(C)(C)c1cc(NC(=O)c2ccc(F)cc2F)n(-c2ccc(F)cc2)n1. The number of halogens is 3. The van der Waals surface area contributed by atoms with Crippen molar-refractivity contribution >= 4 is 11.7 Å². The van der Waals surface area contributed by atoms with E-state index in [0.29, 0.717) is 23.3 Å². The van der Waals surface area contributed by atoms with Crippen molar-refractivity contribution in [2.24, 2.45) is 0 Å². The van der Waals surface area contributed by atoms with Gasteiger partial charge in [-0.2, -0.15) is 5.10 Å². The molecule has 0 bridgehead atoms. The molecular formula is C20H18F3N3O. The molecule has 0 spiro atoms. The van der Waals surface area contributed by atoms with Crippen LogP contribution in [0, 0.1) is 17.5 Å². The first kappa shape index (κ1) is 18.7. The summed E-state index contributed by atoms with van der Waals surface area (Å²) in [7, 11) is 0. The van der Waals surface area contributed by atoms with Crippen molar-refractivity contribution in [3.05, 3.63) is 77.2 Å². The van der Waals surface area contributed by atoms with Crippen molar-refractivity contribution in [3.63, 3.8) is 0 Å². The van der Waals surface area contributed by atoms with Gasteiger partial charge in [0.15, 0.2) is 0 Å². The fourth-order valence-corrected chi connectivity index (χ4v) is 2.47. The second-order valence-electron chi connectivity index (χ2n) is 7.13. The Bertz CT molecular complexity index is 989. The van der Waals surface area contributed by atoms with E-state index in [1.54, 1.807) is 6.07 Å². The normalized spacial score (nSPS) is 11.5. The summed E-state index contributed by atoms with van der Waals surface area (Å²) >= 11 is 0. The lowest BCUT2D eigenvalue weighted by Gasteiger charge is -2.14. The number of rotatable bonds is 3. The van der Waals surface area contributed by atoms with Gasteiger partial charge in [-0.1, -0.05) is 20.8 Å². The molecule has 0 aliphatic heterocycles. The Morgan fingerprint density at radius 2 is 1.59 bits per heavy atom. The fourth-order valence-electron chi connectivity index (χ4n) is 2.47. The van der Waals surface area contributed by atoms with E-state index in [1.165, 1.54) is 28.9 Å². The Morgan fingerprint density at radius 1 is 0.963 bits per heavy atom. The molecule has 4 nitrogen and oxygen atoms in total. The molecular weight excluding hydrogens is 355 g/mol. The van der Waals surface area contributed by atoms with Crippen LogP contribution in [0.15, 0.2) is 48.5 Å². The zero-order valence-corrected chi connectivity index (χ0v) is 15.1. The summed E-state index contributed by atoms with van der Waals surface area (Å²) in [4.78, 5) is 12.5. The first-order chi connectivity index (χ1) is 12.6. The van der Waals surface area contributed by atoms with Gasteiger partial charge in [0.25, 0.3) is 5.91 Å². The highest BCUT2D eigenvalue weighted by Gasteiger charge is 2.22. The molecule has 0 aliphatic carbocycles. The number of aromatic nitrogens is 2. The summed E-state index contributed by atoms with van der Waals surface area (Å²) in [6.45, 7) is 5.86. The summed E-state index contributed by atoms with van der Waals surface area (Å²) in [6.07, 6.45) is 0. The third kappa shape index (κ3) is 4.02. The molecule has 27 heavy (non-hydrogen) atoms. The number of anilines is 1. The van der Waals surface area contributed by atoms with E-state index in [1.807, 2.05) is 20.8 Å². The first-order valence-corrected chi connectivity index (χ1v) is 8.28. The quantitative estimate of drug-likeness (QED) is 0.714. The zero-order valence-electron chi connectivity index (χ0n) is 15.1. The molecule has 0 radical (unpaired) electrons. The lowest BCUT2D eigenvalue weighted by Crippen LogP contribution is -2.16. The Hall–Kier alpha value is -3.09. The van der Waals surface area contributed by atoms with Gasteiger partial charge in [-0.25, -0.2) is 17.9 Å². The number of amides is 1. The molecule has 1 aromatic heterocycles. The average molecular weight is 373 g/mol. The maximum atomic E-state index is 13.9. The highest BCUT2D eigenvalue weighted by Crippen LogP contribution is 2.27. The molecule has 7 heteroatoms. The Balaban J connectivity index is 2.01. The Kier molecular flexibility index (Phi) is 4.78. The van der Waals surface area contributed by atoms with Gasteiger partial charge in [-0.05, 0) is 36.4 Å². The highest BCUT2D eigenvalue weighted by molar-refractivity contribution is 6.04. The second kappa shape index (κ2) is 6.90.